The molecule has 0 atom stereocenters. The van der Waals surface area contributed by atoms with Gasteiger partial charge in [-0.05, 0) is 41.8 Å². The summed E-state index contributed by atoms with van der Waals surface area (Å²) in [5.41, 5.74) is 2.42. The lowest BCUT2D eigenvalue weighted by molar-refractivity contribution is 0.124. The molecule has 2 radical (unpaired) electrons. The van der Waals surface area contributed by atoms with Gasteiger partial charge in [0.1, 0.15) is 5.75 Å². The lowest BCUT2D eigenvalue weighted by atomic mass is 10.2. The smallest absolute Gasteiger partial charge is 0.118 e. The molecule has 0 spiro atoms. The van der Waals surface area contributed by atoms with Gasteiger partial charge in [-0.3, -0.25) is 0 Å². The van der Waals surface area contributed by atoms with E-state index in [1.165, 1.54) is 5.56 Å². The molecule has 122 valence electrons. The van der Waals surface area contributed by atoms with Crippen LogP contribution in [0.15, 0.2) is 78.9 Å². The molecule has 2 nitrogen and oxygen atoms in total. The van der Waals surface area contributed by atoms with Crippen LogP contribution in [0.3, 0.4) is 0 Å². The first-order chi connectivity index (χ1) is 11.9. The van der Waals surface area contributed by atoms with Crippen molar-refractivity contribution >= 4 is 0 Å². The first-order valence-corrected chi connectivity index (χ1v) is 7.95. The monoisotopic (exact) mass is 318 g/mol. The second kappa shape index (κ2) is 11.0. The number of hydrogen-bond acceptors (Lipinski definition) is 2. The molecule has 0 aliphatic carbocycles. The van der Waals surface area contributed by atoms with Crippen LogP contribution in [-0.2, 0) is 17.8 Å². The van der Waals surface area contributed by atoms with Crippen molar-refractivity contribution in [2.45, 2.75) is 13.0 Å². The summed E-state index contributed by atoms with van der Waals surface area (Å²) in [5.74, 6) is 0.874. The quantitative estimate of drug-likeness (QED) is 0.611. The Bertz CT molecular complexity index is 622. The molecule has 0 aliphatic rings. The van der Waals surface area contributed by atoms with Gasteiger partial charge in [-0.15, -0.1) is 0 Å². The largest absolute Gasteiger partial charge is 0.497 e. The Morgan fingerprint density at radius 1 is 0.792 bits per heavy atom. The topological polar surface area (TPSA) is 18.5 Å². The average Bonchev–Trinajstić information content (AvgIpc) is 2.68. The maximum atomic E-state index is 5.64. The molecule has 0 aromatic heterocycles. The minimum Gasteiger partial charge on any atom is -0.497 e. The molecule has 2 heteroatoms. The predicted octanol–water partition coefficient (Wildman–Crippen LogP) is 4.74. The molecule has 0 unspecified atom stereocenters. The van der Waals surface area contributed by atoms with Crippen molar-refractivity contribution in [1.29, 1.82) is 0 Å². The zero-order valence-electron chi connectivity index (χ0n) is 13.9. The van der Waals surface area contributed by atoms with E-state index >= 15 is 0 Å². The lowest BCUT2D eigenvalue weighted by Gasteiger charge is -2.05. The third-order valence-electron chi connectivity index (χ3n) is 3.34. The van der Waals surface area contributed by atoms with E-state index in [2.05, 4.69) is 18.2 Å². The van der Waals surface area contributed by atoms with E-state index < -0.39 is 0 Å². The van der Waals surface area contributed by atoms with Gasteiger partial charge in [-0.25, -0.2) is 0 Å². The highest BCUT2D eigenvalue weighted by molar-refractivity contribution is 5.26. The summed E-state index contributed by atoms with van der Waals surface area (Å²) in [6, 6.07) is 31.5. The second-order valence-electron chi connectivity index (χ2n) is 5.14. The van der Waals surface area contributed by atoms with Crippen LogP contribution in [0.2, 0.25) is 0 Å². The fraction of sp³-hybridized carbons (Fsp3) is 0.182. The van der Waals surface area contributed by atoms with Crippen LogP contribution < -0.4 is 4.74 Å². The minimum atomic E-state index is 0.639. The summed E-state index contributed by atoms with van der Waals surface area (Å²) in [6.45, 7) is 1.37. The molecule has 3 rings (SSSR count). The zero-order valence-corrected chi connectivity index (χ0v) is 13.9. The molecule has 0 fully saturated rings. The van der Waals surface area contributed by atoms with Crippen molar-refractivity contribution in [3.63, 3.8) is 0 Å². The highest BCUT2D eigenvalue weighted by atomic mass is 16.5. The molecule has 3 aromatic carbocycles. The van der Waals surface area contributed by atoms with E-state index in [9.17, 15) is 0 Å². The maximum absolute atomic E-state index is 5.64. The number of ether oxygens (including phenoxy) is 2. The second-order valence-corrected chi connectivity index (χ2v) is 5.14. The van der Waals surface area contributed by atoms with E-state index in [1.807, 2.05) is 72.8 Å². The van der Waals surface area contributed by atoms with Gasteiger partial charge in [0.05, 0.1) is 20.3 Å². The van der Waals surface area contributed by atoms with Crippen molar-refractivity contribution in [2.75, 3.05) is 13.7 Å². The molecular formula is C22H22O2. The fourth-order valence-corrected chi connectivity index (χ4v) is 2.03. The van der Waals surface area contributed by atoms with Gasteiger partial charge in [0.15, 0.2) is 0 Å². The van der Waals surface area contributed by atoms with E-state index in [-0.39, 0.29) is 0 Å². The molecule has 3 aromatic rings. The number of benzene rings is 3. The first kappa shape index (κ1) is 17.8. The molecular weight excluding hydrogens is 296 g/mol. The van der Waals surface area contributed by atoms with Gasteiger partial charge in [-0.1, -0.05) is 66.7 Å². The van der Waals surface area contributed by atoms with Gasteiger partial charge in [0.2, 0.25) is 0 Å². The summed E-state index contributed by atoms with van der Waals surface area (Å²) < 4.78 is 10.8. The lowest BCUT2D eigenvalue weighted by Crippen LogP contribution is -1.99. The summed E-state index contributed by atoms with van der Waals surface area (Å²) in [4.78, 5) is 0. The van der Waals surface area contributed by atoms with Crippen molar-refractivity contribution in [3.05, 3.63) is 102 Å². The highest BCUT2D eigenvalue weighted by Crippen LogP contribution is 2.12. The summed E-state index contributed by atoms with van der Waals surface area (Å²) >= 11 is 0. The number of hydrogen-bond donors (Lipinski definition) is 0. The highest BCUT2D eigenvalue weighted by Gasteiger charge is 1.96. The number of methoxy groups -OCH3 is 1. The number of rotatable bonds is 6. The third-order valence-corrected chi connectivity index (χ3v) is 3.34. The van der Waals surface area contributed by atoms with Crippen LogP contribution in [0.4, 0.5) is 0 Å². The Hall–Kier alpha value is -2.58. The molecule has 0 aliphatic heterocycles. The van der Waals surface area contributed by atoms with Gasteiger partial charge in [0, 0.05) is 0 Å². The van der Waals surface area contributed by atoms with Crippen LogP contribution in [0.25, 0.3) is 0 Å². The van der Waals surface area contributed by atoms with Crippen LogP contribution in [-0.4, -0.2) is 13.7 Å². The predicted molar refractivity (Wildman–Crippen MR) is 96.9 cm³/mol. The average molecular weight is 318 g/mol. The SMILES string of the molecule is COc1ccc(COCCc2c[c]ccc2)cc1.[c]1ccccc1. The Morgan fingerprint density at radius 3 is 2.08 bits per heavy atom. The van der Waals surface area contributed by atoms with Crippen LogP contribution in [0, 0.1) is 12.1 Å². The zero-order chi connectivity index (χ0) is 16.9. The van der Waals surface area contributed by atoms with Crippen molar-refractivity contribution in [3.8, 4) is 5.75 Å². The van der Waals surface area contributed by atoms with Gasteiger partial charge < -0.3 is 9.47 Å². The minimum absolute atomic E-state index is 0.639. The molecule has 0 amide bonds. The van der Waals surface area contributed by atoms with Crippen LogP contribution >= 0.6 is 0 Å². The fourth-order valence-electron chi connectivity index (χ4n) is 2.03. The van der Waals surface area contributed by atoms with Crippen LogP contribution in [0.1, 0.15) is 11.1 Å². The van der Waals surface area contributed by atoms with Gasteiger partial charge >= 0.3 is 0 Å². The Kier molecular flexibility index (Phi) is 8.17. The van der Waals surface area contributed by atoms with Crippen molar-refractivity contribution < 1.29 is 9.47 Å². The van der Waals surface area contributed by atoms with E-state index in [4.69, 9.17) is 9.47 Å². The molecule has 0 N–H and O–H groups in total. The Balaban J connectivity index is 0.000000292. The Morgan fingerprint density at radius 2 is 1.54 bits per heavy atom. The van der Waals surface area contributed by atoms with Gasteiger partial charge in [-0.2, -0.15) is 0 Å². The summed E-state index contributed by atoms with van der Waals surface area (Å²) in [5, 5.41) is 0. The van der Waals surface area contributed by atoms with Crippen LogP contribution in [0.5, 0.6) is 5.75 Å². The maximum Gasteiger partial charge on any atom is 0.118 e. The van der Waals surface area contributed by atoms with Crippen molar-refractivity contribution in [2.24, 2.45) is 0 Å². The third kappa shape index (κ3) is 7.12. The normalized spacial score (nSPS) is 9.71. The molecule has 0 heterocycles. The van der Waals surface area contributed by atoms with E-state index in [1.54, 1.807) is 7.11 Å². The Labute approximate surface area is 144 Å². The first-order valence-electron chi connectivity index (χ1n) is 7.95. The molecule has 24 heavy (non-hydrogen) atoms. The molecule has 0 saturated carbocycles. The summed E-state index contributed by atoms with van der Waals surface area (Å²) in [6.07, 6.45) is 0.924. The molecule has 0 saturated heterocycles. The molecule has 0 bridgehead atoms. The summed E-state index contributed by atoms with van der Waals surface area (Å²) in [7, 11) is 1.67. The standard InChI is InChI=1S/C16H17O2.C6H5/c1-17-16-9-7-15(8-10-16)13-18-12-11-14-5-3-2-4-6-14;1-2-4-6-5-3-1/h2-3,5-10H,11-13H2,1H3;1-5H. The van der Waals surface area contributed by atoms with Gasteiger partial charge in [0.25, 0.3) is 0 Å². The van der Waals surface area contributed by atoms with Crippen molar-refractivity contribution in [1.82, 2.24) is 0 Å². The van der Waals surface area contributed by atoms with E-state index in [0.717, 1.165) is 24.3 Å². The van der Waals surface area contributed by atoms with E-state index in [0.29, 0.717) is 6.61 Å².